The molecule has 0 radical (unpaired) electrons. The van der Waals surface area contributed by atoms with Crippen LogP contribution in [-0.2, 0) is 0 Å². The van der Waals surface area contributed by atoms with Crippen molar-refractivity contribution in [3.63, 3.8) is 0 Å². The number of hydrogen-bond acceptors (Lipinski definition) is 2. The molecule has 2 aromatic rings. The third-order valence-corrected chi connectivity index (χ3v) is 3.29. The summed E-state index contributed by atoms with van der Waals surface area (Å²) in [6.45, 7) is 0. The molecule has 0 unspecified atom stereocenters. The molecule has 0 fully saturated rings. The molecule has 0 aliphatic heterocycles. The Labute approximate surface area is 109 Å². The molecule has 5 heteroatoms. The van der Waals surface area contributed by atoms with E-state index >= 15 is 0 Å². The lowest BCUT2D eigenvalue weighted by molar-refractivity contribution is 0.102. The average Bonchev–Trinajstić information content (AvgIpc) is 2.68. The van der Waals surface area contributed by atoms with Gasteiger partial charge in [-0.2, -0.15) is 0 Å². The van der Waals surface area contributed by atoms with E-state index in [0.717, 1.165) is 10.2 Å². The molecule has 2 rings (SSSR count). The molecular weight excluding hydrogens is 338 g/mol. The van der Waals surface area contributed by atoms with Crippen LogP contribution >= 0.6 is 31.9 Å². The quantitative estimate of drug-likeness (QED) is 0.892. The van der Waals surface area contributed by atoms with Crippen LogP contribution in [0.25, 0.3) is 0 Å². The maximum atomic E-state index is 11.8. The van der Waals surface area contributed by atoms with Gasteiger partial charge in [0.25, 0.3) is 5.91 Å². The van der Waals surface area contributed by atoms with Gasteiger partial charge in [-0.3, -0.25) is 4.79 Å². The summed E-state index contributed by atoms with van der Waals surface area (Å²) >= 11 is 6.52. The van der Waals surface area contributed by atoms with Crippen LogP contribution in [-0.4, -0.2) is 5.91 Å². The van der Waals surface area contributed by atoms with E-state index in [2.05, 4.69) is 37.2 Å². The molecule has 1 N–H and O–H groups in total. The Hall–Kier alpha value is -1.07. The first-order chi connectivity index (χ1) is 7.68. The van der Waals surface area contributed by atoms with Crippen LogP contribution < -0.4 is 5.32 Å². The first kappa shape index (κ1) is 11.4. The zero-order valence-electron chi connectivity index (χ0n) is 8.04. The van der Waals surface area contributed by atoms with Gasteiger partial charge in [-0.25, -0.2) is 0 Å². The summed E-state index contributed by atoms with van der Waals surface area (Å²) in [6.07, 6.45) is 1.46. The number of para-hydroxylation sites is 1. The topological polar surface area (TPSA) is 42.2 Å². The molecule has 0 atom stereocenters. The summed E-state index contributed by atoms with van der Waals surface area (Å²) in [4.78, 5) is 11.8. The molecule has 0 bridgehead atoms. The number of carbonyl (C=O) groups excluding carboxylic acids is 1. The van der Waals surface area contributed by atoms with Crippen LogP contribution in [0.5, 0.6) is 0 Å². The number of nitrogens with one attached hydrogen (secondary N) is 1. The number of halogens is 2. The van der Waals surface area contributed by atoms with Crippen molar-refractivity contribution in [2.75, 3.05) is 5.32 Å². The predicted molar refractivity (Wildman–Crippen MR) is 68.5 cm³/mol. The van der Waals surface area contributed by atoms with Gasteiger partial charge in [-0.15, -0.1) is 0 Å². The molecule has 0 aliphatic rings. The molecule has 1 amide bonds. The normalized spacial score (nSPS) is 10.1. The van der Waals surface area contributed by atoms with Crippen molar-refractivity contribution >= 4 is 43.5 Å². The van der Waals surface area contributed by atoms with Crippen molar-refractivity contribution in [2.24, 2.45) is 0 Å². The maximum absolute atomic E-state index is 11.8. The van der Waals surface area contributed by atoms with Gasteiger partial charge in [-0.05, 0) is 50.1 Å². The summed E-state index contributed by atoms with van der Waals surface area (Å²) in [7, 11) is 0. The largest absolute Gasteiger partial charge is 0.457 e. The molecule has 3 nitrogen and oxygen atoms in total. The highest BCUT2D eigenvalue weighted by atomic mass is 79.9. The average molecular weight is 345 g/mol. The van der Waals surface area contributed by atoms with Gasteiger partial charge < -0.3 is 9.73 Å². The highest BCUT2D eigenvalue weighted by molar-refractivity contribution is 9.10. The minimum atomic E-state index is -0.215. The fraction of sp³-hybridized carbons (Fsp3) is 0. The minimum absolute atomic E-state index is 0.215. The van der Waals surface area contributed by atoms with Crippen molar-refractivity contribution < 1.29 is 9.21 Å². The lowest BCUT2D eigenvalue weighted by Crippen LogP contribution is -2.11. The van der Waals surface area contributed by atoms with Gasteiger partial charge in [-0.1, -0.05) is 12.1 Å². The number of benzene rings is 1. The van der Waals surface area contributed by atoms with E-state index in [1.54, 1.807) is 6.07 Å². The standard InChI is InChI=1S/C11H7Br2NO2/c12-8-3-1-2-4-9(8)14-11(15)7-5-6-16-10(7)13/h1-6H,(H,14,15). The first-order valence-electron chi connectivity index (χ1n) is 4.47. The third kappa shape index (κ3) is 2.36. The van der Waals surface area contributed by atoms with Crippen LogP contribution in [0.1, 0.15) is 10.4 Å². The zero-order chi connectivity index (χ0) is 11.5. The third-order valence-electron chi connectivity index (χ3n) is 1.98. The number of hydrogen-bond donors (Lipinski definition) is 1. The maximum Gasteiger partial charge on any atom is 0.260 e. The van der Waals surface area contributed by atoms with Crippen LogP contribution in [0, 0.1) is 0 Å². The summed E-state index contributed by atoms with van der Waals surface area (Å²) in [5.74, 6) is -0.215. The second kappa shape index (κ2) is 4.84. The van der Waals surface area contributed by atoms with Crippen LogP contribution in [0.3, 0.4) is 0 Å². The SMILES string of the molecule is O=C(Nc1ccccc1Br)c1ccoc1Br. The lowest BCUT2D eigenvalue weighted by atomic mass is 10.3. The van der Waals surface area contributed by atoms with E-state index in [-0.39, 0.29) is 5.91 Å². The molecule has 1 heterocycles. The van der Waals surface area contributed by atoms with Gasteiger partial charge in [0.15, 0.2) is 4.67 Å². The van der Waals surface area contributed by atoms with Gasteiger partial charge in [0.2, 0.25) is 0 Å². The van der Waals surface area contributed by atoms with Gasteiger partial charge in [0.05, 0.1) is 17.5 Å². The van der Waals surface area contributed by atoms with E-state index in [9.17, 15) is 4.79 Å². The van der Waals surface area contributed by atoms with E-state index in [4.69, 9.17) is 4.42 Å². The molecule has 1 aromatic heterocycles. The molecule has 0 saturated heterocycles. The minimum Gasteiger partial charge on any atom is -0.457 e. The van der Waals surface area contributed by atoms with Crippen LogP contribution in [0.2, 0.25) is 0 Å². The van der Waals surface area contributed by atoms with Crippen LogP contribution in [0.15, 0.2) is 50.2 Å². The van der Waals surface area contributed by atoms with Crippen molar-refractivity contribution in [3.05, 3.63) is 51.3 Å². The van der Waals surface area contributed by atoms with Crippen molar-refractivity contribution in [1.29, 1.82) is 0 Å². The van der Waals surface area contributed by atoms with Gasteiger partial charge in [0.1, 0.15) is 0 Å². The molecular formula is C11H7Br2NO2. The van der Waals surface area contributed by atoms with Crippen molar-refractivity contribution in [2.45, 2.75) is 0 Å². The molecule has 82 valence electrons. The van der Waals surface area contributed by atoms with Crippen molar-refractivity contribution in [3.8, 4) is 0 Å². The summed E-state index contributed by atoms with van der Waals surface area (Å²) in [5, 5.41) is 2.78. The summed E-state index contributed by atoms with van der Waals surface area (Å²) in [6, 6.07) is 9.02. The zero-order valence-corrected chi connectivity index (χ0v) is 11.2. The van der Waals surface area contributed by atoms with E-state index < -0.39 is 0 Å². The van der Waals surface area contributed by atoms with E-state index in [1.807, 2.05) is 24.3 Å². The number of anilines is 1. The molecule has 0 spiro atoms. The van der Waals surface area contributed by atoms with Crippen LogP contribution in [0.4, 0.5) is 5.69 Å². The number of rotatable bonds is 2. The van der Waals surface area contributed by atoms with E-state index in [0.29, 0.717) is 10.2 Å². The Balaban J connectivity index is 2.21. The fourth-order valence-corrected chi connectivity index (χ4v) is 2.01. The Kier molecular flexibility index (Phi) is 3.46. The Morgan fingerprint density at radius 3 is 2.56 bits per heavy atom. The smallest absolute Gasteiger partial charge is 0.260 e. The molecule has 0 saturated carbocycles. The highest BCUT2D eigenvalue weighted by Gasteiger charge is 2.13. The fourth-order valence-electron chi connectivity index (χ4n) is 1.21. The predicted octanol–water partition coefficient (Wildman–Crippen LogP) is 4.06. The second-order valence-corrected chi connectivity index (χ2v) is 4.62. The van der Waals surface area contributed by atoms with E-state index in [1.165, 1.54) is 6.26 Å². The number of carbonyl (C=O) groups is 1. The molecule has 16 heavy (non-hydrogen) atoms. The van der Waals surface area contributed by atoms with Crippen molar-refractivity contribution in [1.82, 2.24) is 0 Å². The Morgan fingerprint density at radius 1 is 1.19 bits per heavy atom. The monoisotopic (exact) mass is 343 g/mol. The Bertz CT molecular complexity index is 522. The number of amides is 1. The highest BCUT2D eigenvalue weighted by Crippen LogP contribution is 2.24. The lowest BCUT2D eigenvalue weighted by Gasteiger charge is -2.05. The molecule has 1 aromatic carbocycles. The van der Waals surface area contributed by atoms with Gasteiger partial charge in [0, 0.05) is 4.47 Å². The first-order valence-corrected chi connectivity index (χ1v) is 6.06. The Morgan fingerprint density at radius 2 is 1.94 bits per heavy atom. The summed E-state index contributed by atoms with van der Waals surface area (Å²) in [5.41, 5.74) is 1.19. The number of furan rings is 1. The summed E-state index contributed by atoms with van der Waals surface area (Å²) < 4.78 is 6.26. The van der Waals surface area contributed by atoms with Gasteiger partial charge >= 0.3 is 0 Å². The molecule has 0 aliphatic carbocycles. The second-order valence-electron chi connectivity index (χ2n) is 3.04.